The van der Waals surface area contributed by atoms with Crippen molar-refractivity contribution in [2.45, 2.75) is 63.9 Å². The van der Waals surface area contributed by atoms with E-state index in [1.165, 1.54) is 0 Å². The van der Waals surface area contributed by atoms with Crippen LogP contribution in [0.4, 0.5) is 0 Å². The molecule has 0 saturated heterocycles. The molecule has 0 aliphatic rings. The highest BCUT2D eigenvalue weighted by molar-refractivity contribution is 5.96. The quantitative estimate of drug-likeness (QED) is 0.155. The third-order valence-corrected chi connectivity index (χ3v) is 5.84. The molecule has 202 valence electrons. The Balaban J connectivity index is 2.32. The van der Waals surface area contributed by atoms with E-state index >= 15 is 0 Å². The number of carbonyl (C=O) groups excluding carboxylic acids is 4. The molecule has 37 heavy (non-hydrogen) atoms. The summed E-state index contributed by atoms with van der Waals surface area (Å²) in [6.07, 6.45) is -0.406. The molecule has 0 fully saturated rings. The molecule has 0 radical (unpaired) electrons. The smallest absolute Gasteiger partial charge is 0.328 e. The maximum absolute atomic E-state index is 13.3. The van der Waals surface area contributed by atoms with Crippen LogP contribution in [0.1, 0.15) is 32.8 Å². The molecule has 5 unspecified atom stereocenters. The molecule has 2 rings (SSSR count). The average Bonchev–Trinajstić information content (AvgIpc) is 3.22. The number of aliphatic carboxylic acids is 1. The minimum absolute atomic E-state index is 0.0166. The van der Waals surface area contributed by atoms with Crippen LogP contribution >= 0.6 is 0 Å². The Morgan fingerprint density at radius 2 is 1.54 bits per heavy atom. The van der Waals surface area contributed by atoms with Crippen molar-refractivity contribution < 1.29 is 34.2 Å². The minimum Gasteiger partial charge on any atom is -0.480 e. The van der Waals surface area contributed by atoms with Crippen molar-refractivity contribution in [3.05, 3.63) is 36.0 Å². The van der Waals surface area contributed by atoms with Gasteiger partial charge in [-0.15, -0.1) is 0 Å². The molecule has 4 amide bonds. The maximum Gasteiger partial charge on any atom is 0.328 e. The van der Waals surface area contributed by atoms with E-state index in [4.69, 9.17) is 11.5 Å². The highest BCUT2D eigenvalue weighted by atomic mass is 16.4. The van der Waals surface area contributed by atoms with Gasteiger partial charge in [0.1, 0.15) is 12.1 Å². The number of nitrogens with one attached hydrogen (secondary N) is 4. The Morgan fingerprint density at radius 3 is 2.11 bits per heavy atom. The van der Waals surface area contributed by atoms with E-state index in [1.807, 2.05) is 24.3 Å². The fourth-order valence-corrected chi connectivity index (χ4v) is 3.63. The fourth-order valence-electron chi connectivity index (χ4n) is 3.63. The summed E-state index contributed by atoms with van der Waals surface area (Å²) in [5, 5.41) is 26.8. The number of carboxylic acids is 1. The van der Waals surface area contributed by atoms with Crippen molar-refractivity contribution in [3.8, 4) is 0 Å². The molecular weight excluding hydrogens is 484 g/mol. The molecule has 0 spiro atoms. The van der Waals surface area contributed by atoms with Crippen molar-refractivity contribution in [1.82, 2.24) is 20.9 Å². The number of aromatic nitrogens is 1. The number of para-hydroxylation sites is 1. The zero-order valence-corrected chi connectivity index (χ0v) is 20.9. The molecule has 13 nitrogen and oxygen atoms in total. The molecule has 1 heterocycles. The Kier molecular flexibility index (Phi) is 10.1. The fraction of sp³-hybridized carbons (Fsp3) is 0.458. The van der Waals surface area contributed by atoms with Crippen LogP contribution in [0.5, 0.6) is 0 Å². The lowest BCUT2D eigenvalue weighted by atomic mass is 10.0. The van der Waals surface area contributed by atoms with E-state index in [2.05, 4.69) is 20.9 Å². The Morgan fingerprint density at radius 1 is 0.946 bits per heavy atom. The van der Waals surface area contributed by atoms with Crippen LogP contribution in [0.15, 0.2) is 30.5 Å². The van der Waals surface area contributed by atoms with E-state index in [0.29, 0.717) is 5.56 Å². The standard InChI is InChI=1S/C24H34N6O7/c1-11(2)19(26)23(35)29-16(8-13-10-27-15-7-5-4-6-14(13)15)21(33)28-17(9-18(25)32)22(34)30-20(12(3)31)24(36)37/h4-7,10-12,16-17,19-20,27,31H,8-9,26H2,1-3H3,(H2,25,32)(H,28,33)(H,29,35)(H,30,34)(H,36,37). The molecule has 0 saturated carbocycles. The molecule has 5 atom stereocenters. The van der Waals surface area contributed by atoms with Gasteiger partial charge in [-0.2, -0.15) is 0 Å². The predicted octanol–water partition coefficient (Wildman–Crippen LogP) is -1.51. The first-order valence-corrected chi connectivity index (χ1v) is 11.7. The predicted molar refractivity (Wildman–Crippen MR) is 134 cm³/mol. The number of hydrogen-bond donors (Lipinski definition) is 8. The first-order chi connectivity index (χ1) is 17.3. The zero-order chi connectivity index (χ0) is 27.9. The van der Waals surface area contributed by atoms with Crippen LogP contribution in [0.2, 0.25) is 0 Å². The number of primary amides is 1. The number of aliphatic hydroxyl groups excluding tert-OH is 1. The number of carbonyl (C=O) groups is 5. The van der Waals surface area contributed by atoms with E-state index in [0.717, 1.165) is 17.8 Å². The number of carboxylic acid groups (broad SMARTS) is 1. The largest absolute Gasteiger partial charge is 0.480 e. The highest BCUT2D eigenvalue weighted by Gasteiger charge is 2.33. The van der Waals surface area contributed by atoms with E-state index in [-0.39, 0.29) is 12.3 Å². The second-order valence-electron chi connectivity index (χ2n) is 9.19. The van der Waals surface area contributed by atoms with Crippen LogP contribution < -0.4 is 27.4 Å². The van der Waals surface area contributed by atoms with Crippen molar-refractivity contribution in [2.24, 2.45) is 17.4 Å². The lowest BCUT2D eigenvalue weighted by Gasteiger charge is -2.25. The van der Waals surface area contributed by atoms with Crippen LogP contribution in [0, 0.1) is 5.92 Å². The summed E-state index contributed by atoms with van der Waals surface area (Å²) in [5.74, 6) is -5.14. The number of hydrogen-bond acceptors (Lipinski definition) is 7. The van der Waals surface area contributed by atoms with Gasteiger partial charge in [-0.1, -0.05) is 32.0 Å². The number of nitrogens with two attached hydrogens (primary N) is 2. The molecule has 0 bridgehead atoms. The van der Waals surface area contributed by atoms with Gasteiger partial charge in [-0.3, -0.25) is 19.2 Å². The van der Waals surface area contributed by atoms with Gasteiger partial charge in [0.15, 0.2) is 6.04 Å². The summed E-state index contributed by atoms with van der Waals surface area (Å²) >= 11 is 0. The van der Waals surface area contributed by atoms with Gasteiger partial charge in [0.25, 0.3) is 0 Å². The topological polar surface area (TPSA) is 230 Å². The Hall–Kier alpha value is -3.97. The summed E-state index contributed by atoms with van der Waals surface area (Å²) in [6.45, 7) is 4.64. The summed E-state index contributed by atoms with van der Waals surface area (Å²) in [6, 6.07) is 1.96. The van der Waals surface area contributed by atoms with E-state index in [1.54, 1.807) is 20.0 Å². The number of rotatable bonds is 13. The van der Waals surface area contributed by atoms with E-state index < -0.39 is 66.3 Å². The number of benzene rings is 1. The second-order valence-corrected chi connectivity index (χ2v) is 9.19. The first-order valence-electron chi connectivity index (χ1n) is 11.7. The normalized spacial score (nSPS) is 15.3. The second kappa shape index (κ2) is 12.8. The molecule has 0 aliphatic heterocycles. The van der Waals surface area contributed by atoms with Crippen molar-refractivity contribution in [2.75, 3.05) is 0 Å². The van der Waals surface area contributed by atoms with Gasteiger partial charge in [0.05, 0.1) is 18.6 Å². The van der Waals surface area contributed by atoms with Crippen LogP contribution in [0.25, 0.3) is 10.9 Å². The monoisotopic (exact) mass is 518 g/mol. The number of fused-ring (bicyclic) bond motifs is 1. The van der Waals surface area contributed by atoms with Gasteiger partial charge in [0.2, 0.25) is 23.6 Å². The molecule has 1 aromatic heterocycles. The zero-order valence-electron chi connectivity index (χ0n) is 20.9. The maximum atomic E-state index is 13.3. The molecule has 1 aromatic carbocycles. The number of H-pyrrole nitrogens is 1. The average molecular weight is 519 g/mol. The van der Waals surface area contributed by atoms with Gasteiger partial charge >= 0.3 is 5.97 Å². The third kappa shape index (κ3) is 8.02. The number of amides is 4. The Labute approximate surface area is 213 Å². The van der Waals surface area contributed by atoms with Crippen molar-refractivity contribution >= 4 is 40.5 Å². The summed E-state index contributed by atoms with van der Waals surface area (Å²) in [5.41, 5.74) is 12.7. The lowest BCUT2D eigenvalue weighted by Crippen LogP contribution is -2.59. The molecule has 13 heteroatoms. The van der Waals surface area contributed by atoms with Crippen molar-refractivity contribution in [3.63, 3.8) is 0 Å². The molecular formula is C24H34N6O7. The number of aromatic amines is 1. The van der Waals surface area contributed by atoms with Crippen molar-refractivity contribution in [1.29, 1.82) is 0 Å². The molecule has 2 aromatic rings. The molecule has 0 aliphatic carbocycles. The SMILES string of the molecule is CC(C)C(N)C(=O)NC(Cc1c[nH]c2ccccc12)C(=O)NC(CC(N)=O)C(=O)NC(C(=O)O)C(C)O. The van der Waals surface area contributed by atoms with Crippen LogP contribution in [0.3, 0.4) is 0 Å². The minimum atomic E-state index is -1.69. The van der Waals surface area contributed by atoms with E-state index in [9.17, 15) is 34.2 Å². The van der Waals surface area contributed by atoms with Crippen LogP contribution in [-0.2, 0) is 30.4 Å². The molecule has 10 N–H and O–H groups in total. The third-order valence-electron chi connectivity index (χ3n) is 5.84. The first kappa shape index (κ1) is 29.3. The van der Waals surface area contributed by atoms with Crippen LogP contribution in [-0.4, -0.2) is 75.1 Å². The summed E-state index contributed by atoms with van der Waals surface area (Å²) < 4.78 is 0. The van der Waals surface area contributed by atoms with Gasteiger partial charge < -0.3 is 42.6 Å². The lowest BCUT2D eigenvalue weighted by molar-refractivity contribution is -0.145. The van der Waals surface area contributed by atoms with Gasteiger partial charge in [-0.25, -0.2) is 4.79 Å². The Bertz CT molecular complexity index is 1150. The highest BCUT2D eigenvalue weighted by Crippen LogP contribution is 2.19. The summed E-state index contributed by atoms with van der Waals surface area (Å²) in [7, 11) is 0. The summed E-state index contributed by atoms with van der Waals surface area (Å²) in [4.78, 5) is 64.8. The van der Waals surface area contributed by atoms with Gasteiger partial charge in [0, 0.05) is 23.5 Å². The van der Waals surface area contributed by atoms with Gasteiger partial charge in [-0.05, 0) is 24.5 Å². The number of aliphatic hydroxyl groups is 1.